The van der Waals surface area contributed by atoms with Crippen molar-refractivity contribution in [2.75, 3.05) is 12.4 Å². The van der Waals surface area contributed by atoms with Crippen LogP contribution in [0.5, 0.6) is 0 Å². The van der Waals surface area contributed by atoms with Crippen molar-refractivity contribution < 1.29 is 131 Å². The normalized spacial score (nSPS) is 34.0. The number of aliphatic hydroxyl groups excluding tert-OH is 5. The van der Waals surface area contributed by atoms with E-state index in [0.717, 1.165) is 33.9 Å². The summed E-state index contributed by atoms with van der Waals surface area (Å²) in [6, 6.07) is 0.915. The third kappa shape index (κ3) is 11.1. The summed E-state index contributed by atoms with van der Waals surface area (Å²) in [6.07, 6.45) is -15.4. The first-order valence-corrected chi connectivity index (χ1v) is 16.2. The van der Waals surface area contributed by atoms with Crippen molar-refractivity contribution in [2.24, 2.45) is 0 Å². The van der Waals surface area contributed by atoms with Crippen molar-refractivity contribution in [1.82, 2.24) is 9.55 Å². The zero-order chi connectivity index (χ0) is 30.0. The van der Waals surface area contributed by atoms with Crippen LogP contribution in [0.3, 0.4) is 0 Å². The standard InChI is InChI=1S/C17H26N2O17P2S2.2Na/c1-6(20)40-39-5-8-11(23)12(24)14(26)16(34-8)35-38(30,31)36-37(28,29)32-4-7-10(22)13(25)15(33-7)19-3-2-9(21)18-17(19)27;;/h2-3,7-8,10-16,22-26H,4-5H2,1H3,(H,28,29)(H,30,31)(H,18,21,27);;/q;2*+1/p-2/t7-,8-,10-,11+,12+,13-,14-,15-,16-;;/m1../s1. The molecule has 42 heavy (non-hydrogen) atoms. The molecule has 2 fully saturated rings. The zero-order valence-electron chi connectivity index (χ0n) is 22.1. The number of nitrogens with zero attached hydrogens (tertiary/aromatic N) is 1. The Kier molecular flexibility index (Phi) is 16.9. The van der Waals surface area contributed by atoms with E-state index < -0.39 is 88.7 Å². The average Bonchev–Trinajstić information content (AvgIpc) is 3.11. The zero-order valence-corrected chi connectivity index (χ0v) is 29.5. The Labute approximate surface area is 288 Å². The van der Waals surface area contributed by atoms with E-state index in [9.17, 15) is 58.8 Å². The number of hydrogen-bond acceptors (Lipinski definition) is 19. The van der Waals surface area contributed by atoms with E-state index in [0.29, 0.717) is 4.57 Å². The van der Waals surface area contributed by atoms with E-state index in [1.807, 2.05) is 4.98 Å². The van der Waals surface area contributed by atoms with Gasteiger partial charge >= 0.3 is 64.8 Å². The minimum Gasteiger partial charge on any atom is -0.756 e. The van der Waals surface area contributed by atoms with Crippen molar-refractivity contribution in [1.29, 1.82) is 0 Å². The number of ether oxygens (including phenoxy) is 2. The maximum absolute atomic E-state index is 12.2. The summed E-state index contributed by atoms with van der Waals surface area (Å²) in [5, 5.41) is 50.1. The van der Waals surface area contributed by atoms with Crippen LogP contribution in [-0.4, -0.2) is 102 Å². The molecule has 0 aliphatic carbocycles. The molecule has 3 rings (SSSR count). The molecule has 3 heterocycles. The van der Waals surface area contributed by atoms with Crippen LogP contribution in [0, 0.1) is 0 Å². The van der Waals surface area contributed by atoms with Gasteiger partial charge < -0.3 is 49.3 Å². The summed E-state index contributed by atoms with van der Waals surface area (Å²) < 4.78 is 48.2. The molecule has 11 atom stereocenters. The van der Waals surface area contributed by atoms with Crippen LogP contribution in [-0.2, 0) is 36.8 Å². The number of hydrogen-bond donors (Lipinski definition) is 6. The number of carbonyl (C=O) groups excluding carboxylic acids is 1. The number of carbonyl (C=O) groups is 1. The monoisotopic (exact) mass is 700 g/mol. The molecule has 6 N–H and O–H groups in total. The third-order valence-electron chi connectivity index (χ3n) is 5.37. The van der Waals surface area contributed by atoms with E-state index in [1.165, 1.54) is 6.92 Å². The molecule has 25 heteroatoms. The molecule has 2 aliphatic heterocycles. The molecule has 1 aromatic rings. The number of aromatic nitrogens is 2. The average molecular weight is 700 g/mol. The Morgan fingerprint density at radius 2 is 1.62 bits per heavy atom. The van der Waals surface area contributed by atoms with Gasteiger partial charge in [0, 0.05) is 24.9 Å². The summed E-state index contributed by atoms with van der Waals surface area (Å²) in [5.74, 6) is -0.177. The smallest absolute Gasteiger partial charge is 0.756 e. The Hall–Kier alpha value is 1.03. The first-order valence-electron chi connectivity index (χ1n) is 11.0. The molecular formula is C17H24N2Na2O17P2S2. The van der Waals surface area contributed by atoms with Crippen LogP contribution in [0.4, 0.5) is 0 Å². The van der Waals surface area contributed by atoms with E-state index in [-0.39, 0.29) is 70.0 Å². The topological polar surface area (TPSA) is 299 Å². The summed E-state index contributed by atoms with van der Waals surface area (Å²) in [4.78, 5) is 60.4. The van der Waals surface area contributed by atoms with E-state index in [4.69, 9.17) is 9.47 Å². The minimum atomic E-state index is -5.92. The van der Waals surface area contributed by atoms with Gasteiger partial charge in [-0.25, -0.2) is 9.11 Å². The van der Waals surface area contributed by atoms with Gasteiger partial charge in [-0.1, -0.05) is 10.8 Å². The van der Waals surface area contributed by atoms with Gasteiger partial charge in [-0.15, -0.1) is 0 Å². The molecular weight excluding hydrogens is 676 g/mol. The van der Waals surface area contributed by atoms with Crippen molar-refractivity contribution in [2.45, 2.75) is 62.2 Å². The Morgan fingerprint density at radius 1 is 1.00 bits per heavy atom. The predicted octanol–water partition coefficient (Wildman–Crippen LogP) is -10.1. The number of aliphatic hydroxyl groups is 5. The summed E-state index contributed by atoms with van der Waals surface area (Å²) >= 11 is 0. The quantitative estimate of drug-likeness (QED) is 0.0709. The molecule has 0 radical (unpaired) electrons. The molecule has 1 aromatic heterocycles. The number of rotatable bonds is 11. The molecule has 0 bridgehead atoms. The number of aromatic amines is 1. The van der Waals surface area contributed by atoms with Crippen LogP contribution < -0.4 is 80.2 Å². The van der Waals surface area contributed by atoms with Crippen LogP contribution in [0.1, 0.15) is 13.2 Å². The molecule has 228 valence electrons. The fourth-order valence-electron chi connectivity index (χ4n) is 3.51. The van der Waals surface area contributed by atoms with E-state index in [2.05, 4.69) is 13.4 Å². The van der Waals surface area contributed by atoms with Crippen molar-refractivity contribution in [3.05, 3.63) is 33.1 Å². The molecule has 2 aliphatic rings. The SMILES string of the molecule is CC(=O)SSC[C@H]1O[C@H](OP(=O)([O-])OP(=O)([O-])OC[C@H]2O[C@@H](n3ccc(=O)[nH]c3=O)[C@H](O)[C@@H]2O)[C@H](O)[C@@H](O)[C@H]1O.[Na+].[Na+]. The Morgan fingerprint density at radius 3 is 2.21 bits per heavy atom. The fraction of sp³-hybridized carbons (Fsp3) is 0.706. The van der Waals surface area contributed by atoms with Gasteiger partial charge in [0.2, 0.25) is 0 Å². The van der Waals surface area contributed by atoms with Crippen molar-refractivity contribution in [3.63, 3.8) is 0 Å². The second-order valence-corrected chi connectivity index (χ2v) is 13.7. The minimum absolute atomic E-state index is 0. The maximum atomic E-state index is 12.2. The molecule has 19 nitrogen and oxygen atoms in total. The van der Waals surface area contributed by atoms with Gasteiger partial charge in [-0.05, 0) is 10.8 Å². The first kappa shape index (κ1) is 41.1. The summed E-state index contributed by atoms with van der Waals surface area (Å²) in [6.45, 7) is 0.135. The summed E-state index contributed by atoms with van der Waals surface area (Å²) in [7, 11) is -10.1. The Bertz CT molecular complexity index is 1270. The summed E-state index contributed by atoms with van der Waals surface area (Å²) in [5.41, 5.74) is -1.78. The van der Waals surface area contributed by atoms with Gasteiger partial charge in [-0.3, -0.25) is 32.8 Å². The van der Waals surface area contributed by atoms with Crippen molar-refractivity contribution in [3.8, 4) is 0 Å². The van der Waals surface area contributed by atoms with Gasteiger partial charge in [-0.2, -0.15) is 0 Å². The number of H-pyrrole nitrogens is 1. The molecule has 0 saturated carbocycles. The third-order valence-corrected chi connectivity index (χ3v) is 10.2. The Balaban J connectivity index is 0.00000441. The van der Waals surface area contributed by atoms with Crippen LogP contribution in [0.15, 0.2) is 21.9 Å². The van der Waals surface area contributed by atoms with Gasteiger partial charge in [0.25, 0.3) is 21.2 Å². The van der Waals surface area contributed by atoms with Gasteiger partial charge in [0.1, 0.15) is 36.6 Å². The fourth-order valence-corrected chi connectivity index (χ4v) is 7.34. The second kappa shape index (κ2) is 17.3. The largest absolute Gasteiger partial charge is 1.00 e. The van der Waals surface area contributed by atoms with E-state index in [1.54, 1.807) is 0 Å². The number of phosphoric ester groups is 2. The first-order chi connectivity index (χ1) is 18.5. The maximum Gasteiger partial charge on any atom is 1.00 e. The van der Waals surface area contributed by atoms with E-state index >= 15 is 0 Å². The molecule has 0 aromatic carbocycles. The van der Waals surface area contributed by atoms with Gasteiger partial charge in [0.05, 0.1) is 12.7 Å². The predicted molar refractivity (Wildman–Crippen MR) is 128 cm³/mol. The second-order valence-electron chi connectivity index (χ2n) is 8.32. The molecule has 0 amide bonds. The van der Waals surface area contributed by atoms with Crippen LogP contribution >= 0.6 is 37.2 Å². The number of phosphoric acid groups is 2. The van der Waals surface area contributed by atoms with Crippen LogP contribution in [0.2, 0.25) is 0 Å². The molecule has 2 unspecified atom stereocenters. The van der Waals surface area contributed by atoms with Crippen LogP contribution in [0.25, 0.3) is 0 Å². The van der Waals surface area contributed by atoms with Crippen molar-refractivity contribution >= 4 is 42.3 Å². The molecule has 2 saturated heterocycles. The molecule has 0 spiro atoms. The number of nitrogens with one attached hydrogen (secondary N) is 1. The van der Waals surface area contributed by atoms with Gasteiger partial charge in [0.15, 0.2) is 17.6 Å².